The second kappa shape index (κ2) is 6.36. The highest BCUT2D eigenvalue weighted by atomic mass is 79.9. The molecule has 0 fully saturated rings. The van der Waals surface area contributed by atoms with Gasteiger partial charge in [0, 0.05) is 5.56 Å². The van der Waals surface area contributed by atoms with Crippen molar-refractivity contribution in [3.05, 3.63) is 50.6 Å². The molecule has 0 aliphatic carbocycles. The van der Waals surface area contributed by atoms with Gasteiger partial charge in [-0.15, -0.1) is 16.4 Å². The number of alkyl halides is 3. The number of carbonyl (C=O) groups excluding carboxylic acids is 1. The summed E-state index contributed by atoms with van der Waals surface area (Å²) in [6, 6.07) is 7.48. The van der Waals surface area contributed by atoms with Crippen molar-refractivity contribution in [2.75, 3.05) is 5.32 Å². The molecule has 0 saturated heterocycles. The molecule has 124 valence electrons. The second-order valence-electron chi connectivity index (χ2n) is 4.55. The molecular weight excluding hydrogens is 411 g/mol. The zero-order valence-corrected chi connectivity index (χ0v) is 14.0. The Morgan fingerprint density at radius 2 is 1.83 bits per heavy atom. The minimum atomic E-state index is -4.42. The van der Waals surface area contributed by atoms with Gasteiger partial charge >= 0.3 is 12.2 Å². The topological polar surface area (TPSA) is 68.0 Å². The Morgan fingerprint density at radius 3 is 2.42 bits per heavy atom. The maximum atomic E-state index is 12.5. The van der Waals surface area contributed by atoms with Gasteiger partial charge in [-0.2, -0.15) is 13.2 Å². The fourth-order valence-corrected chi connectivity index (χ4v) is 3.07. The van der Waals surface area contributed by atoms with Crippen LogP contribution < -0.4 is 5.32 Å². The van der Waals surface area contributed by atoms with Gasteiger partial charge < -0.3 is 4.42 Å². The number of carbonyl (C=O) groups is 1. The van der Waals surface area contributed by atoms with Gasteiger partial charge in [0.2, 0.25) is 5.89 Å². The van der Waals surface area contributed by atoms with Crippen LogP contribution in [-0.2, 0) is 6.18 Å². The van der Waals surface area contributed by atoms with E-state index in [-0.39, 0.29) is 11.9 Å². The third kappa shape index (κ3) is 3.65. The van der Waals surface area contributed by atoms with E-state index >= 15 is 0 Å². The fourth-order valence-electron chi connectivity index (χ4n) is 1.79. The van der Waals surface area contributed by atoms with Gasteiger partial charge in [-0.3, -0.25) is 10.1 Å². The summed E-state index contributed by atoms with van der Waals surface area (Å²) in [5.41, 5.74) is -0.461. The summed E-state index contributed by atoms with van der Waals surface area (Å²) < 4.78 is 43.6. The number of thiophene rings is 1. The van der Waals surface area contributed by atoms with Crippen LogP contribution in [0.4, 0.5) is 19.2 Å². The lowest BCUT2D eigenvalue weighted by Crippen LogP contribution is -2.10. The summed E-state index contributed by atoms with van der Waals surface area (Å²) in [7, 11) is 0. The molecule has 3 aromatic rings. The molecule has 0 spiro atoms. The Balaban J connectivity index is 1.74. The number of nitrogens with one attached hydrogen (secondary N) is 1. The molecule has 0 unspecified atom stereocenters. The second-order valence-corrected chi connectivity index (χ2v) is 7.01. The summed E-state index contributed by atoms with van der Waals surface area (Å²) in [6.07, 6.45) is -4.42. The average molecular weight is 418 g/mol. The van der Waals surface area contributed by atoms with Crippen LogP contribution in [0.5, 0.6) is 0 Å². The van der Waals surface area contributed by atoms with Gasteiger partial charge in [0.1, 0.15) is 0 Å². The van der Waals surface area contributed by atoms with Gasteiger partial charge in [-0.1, -0.05) is 5.10 Å². The van der Waals surface area contributed by atoms with Crippen LogP contribution in [0.15, 0.2) is 44.6 Å². The Morgan fingerprint density at radius 1 is 1.12 bits per heavy atom. The number of rotatable bonds is 3. The highest BCUT2D eigenvalue weighted by Crippen LogP contribution is 2.31. The molecule has 0 saturated carbocycles. The quantitative estimate of drug-likeness (QED) is 0.662. The number of aromatic nitrogens is 2. The minimum absolute atomic E-state index is 0.00591. The minimum Gasteiger partial charge on any atom is -0.403 e. The predicted molar refractivity (Wildman–Crippen MR) is 84.7 cm³/mol. The number of amides is 1. The van der Waals surface area contributed by atoms with Crippen LogP contribution in [0, 0.1) is 0 Å². The predicted octanol–water partition coefficient (Wildman–Crippen LogP) is 4.83. The van der Waals surface area contributed by atoms with E-state index in [4.69, 9.17) is 4.42 Å². The van der Waals surface area contributed by atoms with Crippen molar-refractivity contribution in [3.63, 3.8) is 0 Å². The van der Waals surface area contributed by atoms with Crippen molar-refractivity contribution in [1.82, 2.24) is 10.2 Å². The van der Waals surface area contributed by atoms with E-state index < -0.39 is 17.6 Å². The summed E-state index contributed by atoms with van der Waals surface area (Å²) in [6.45, 7) is 0. The molecule has 0 aliphatic heterocycles. The SMILES string of the molecule is O=C(Nc1nnc(-c2ccc(C(F)(F)F)cc2)o1)c1ccc(Br)s1. The molecule has 0 radical (unpaired) electrons. The Labute approximate surface area is 145 Å². The third-order valence-corrected chi connectivity index (χ3v) is 4.52. The third-order valence-electron chi connectivity index (χ3n) is 2.90. The fraction of sp³-hybridized carbons (Fsp3) is 0.0714. The molecule has 24 heavy (non-hydrogen) atoms. The molecule has 10 heteroatoms. The number of nitrogens with zero attached hydrogens (tertiary/aromatic N) is 2. The van der Waals surface area contributed by atoms with Crippen molar-refractivity contribution >= 4 is 39.2 Å². The van der Waals surface area contributed by atoms with Gasteiger partial charge in [0.05, 0.1) is 14.2 Å². The van der Waals surface area contributed by atoms with E-state index in [0.717, 1.165) is 15.9 Å². The Bertz CT molecular complexity index is 874. The maximum absolute atomic E-state index is 12.5. The summed E-state index contributed by atoms with van der Waals surface area (Å²) in [5, 5.41) is 9.80. The summed E-state index contributed by atoms with van der Waals surface area (Å²) >= 11 is 4.48. The van der Waals surface area contributed by atoms with Crippen LogP contribution in [0.25, 0.3) is 11.5 Å². The number of halogens is 4. The first kappa shape index (κ1) is 16.7. The van der Waals surface area contributed by atoms with E-state index in [1.807, 2.05) is 0 Å². The monoisotopic (exact) mass is 417 g/mol. The van der Waals surface area contributed by atoms with Crippen LogP contribution >= 0.6 is 27.3 Å². The molecule has 1 aromatic carbocycles. The lowest BCUT2D eigenvalue weighted by molar-refractivity contribution is -0.137. The Kier molecular flexibility index (Phi) is 4.41. The zero-order valence-electron chi connectivity index (χ0n) is 11.6. The van der Waals surface area contributed by atoms with Crippen LogP contribution in [0.1, 0.15) is 15.2 Å². The standard InChI is InChI=1S/C14H7BrF3N3O2S/c15-10-6-5-9(24-10)11(22)19-13-21-20-12(23-13)7-1-3-8(4-2-7)14(16,17)18/h1-6H,(H,19,21,22). The van der Waals surface area contributed by atoms with Gasteiger partial charge in [-0.25, -0.2) is 0 Å². The highest BCUT2D eigenvalue weighted by molar-refractivity contribution is 9.11. The van der Waals surface area contributed by atoms with E-state index in [1.54, 1.807) is 12.1 Å². The van der Waals surface area contributed by atoms with Crippen molar-refractivity contribution in [2.45, 2.75) is 6.18 Å². The van der Waals surface area contributed by atoms with Gasteiger partial charge in [0.25, 0.3) is 5.91 Å². The lowest BCUT2D eigenvalue weighted by atomic mass is 10.1. The van der Waals surface area contributed by atoms with E-state index in [0.29, 0.717) is 10.4 Å². The first-order chi connectivity index (χ1) is 11.3. The molecule has 5 nitrogen and oxygen atoms in total. The molecule has 3 rings (SSSR count). The normalized spacial score (nSPS) is 11.5. The summed E-state index contributed by atoms with van der Waals surface area (Å²) in [5.74, 6) is -0.417. The molecule has 0 aliphatic rings. The molecule has 1 amide bonds. The van der Waals surface area contributed by atoms with Crippen LogP contribution in [0.2, 0.25) is 0 Å². The largest absolute Gasteiger partial charge is 0.416 e. The first-order valence-corrected chi connectivity index (χ1v) is 8.02. The Hall–Kier alpha value is -2.20. The van der Waals surface area contributed by atoms with E-state index in [9.17, 15) is 18.0 Å². The molecule has 2 aromatic heterocycles. The average Bonchev–Trinajstić information content (AvgIpc) is 3.16. The smallest absolute Gasteiger partial charge is 0.403 e. The molecule has 0 atom stereocenters. The molecule has 0 bridgehead atoms. The first-order valence-electron chi connectivity index (χ1n) is 6.41. The number of hydrogen-bond acceptors (Lipinski definition) is 5. The van der Waals surface area contributed by atoms with Crippen molar-refractivity contribution in [1.29, 1.82) is 0 Å². The number of anilines is 1. The van der Waals surface area contributed by atoms with Gasteiger partial charge in [0.15, 0.2) is 0 Å². The van der Waals surface area contributed by atoms with Gasteiger partial charge in [-0.05, 0) is 52.3 Å². The lowest BCUT2D eigenvalue weighted by Gasteiger charge is -2.05. The summed E-state index contributed by atoms with van der Waals surface area (Å²) in [4.78, 5) is 12.4. The number of hydrogen-bond donors (Lipinski definition) is 1. The van der Waals surface area contributed by atoms with Crippen molar-refractivity contribution < 1.29 is 22.4 Å². The highest BCUT2D eigenvalue weighted by Gasteiger charge is 2.30. The van der Waals surface area contributed by atoms with E-state index in [1.165, 1.54) is 23.5 Å². The van der Waals surface area contributed by atoms with E-state index in [2.05, 4.69) is 31.4 Å². The van der Waals surface area contributed by atoms with Crippen molar-refractivity contribution in [3.8, 4) is 11.5 Å². The van der Waals surface area contributed by atoms with Crippen molar-refractivity contribution in [2.24, 2.45) is 0 Å². The maximum Gasteiger partial charge on any atom is 0.416 e. The number of benzene rings is 1. The molecular formula is C14H7BrF3N3O2S. The van der Waals surface area contributed by atoms with Crippen LogP contribution in [-0.4, -0.2) is 16.1 Å². The molecule has 2 heterocycles. The van der Waals surface area contributed by atoms with Crippen LogP contribution in [0.3, 0.4) is 0 Å². The molecule has 1 N–H and O–H groups in total. The zero-order chi connectivity index (χ0) is 17.3.